The Morgan fingerprint density at radius 3 is 1.79 bits per heavy atom. The van der Waals surface area contributed by atoms with Crippen molar-refractivity contribution < 1.29 is 44.6 Å². The molecule has 0 aromatic carbocycles. The molecule has 0 aromatic rings. The molecule has 16 heteroatoms. The van der Waals surface area contributed by atoms with Gasteiger partial charge in [0.25, 0.3) is 0 Å². The normalized spacial score (nSPS) is 29.2. The molecule has 140 valence electrons. The summed E-state index contributed by atoms with van der Waals surface area (Å²) in [5.41, 5.74) is -6.05. The van der Waals surface area contributed by atoms with Crippen LogP contribution < -0.4 is 0 Å². The summed E-state index contributed by atoms with van der Waals surface area (Å²) in [6.07, 6.45) is -8.01. The first-order valence-electron chi connectivity index (χ1n) is 5.95. The Morgan fingerprint density at radius 1 is 0.958 bits per heavy atom. The molecule has 24 heavy (non-hydrogen) atoms. The topological polar surface area (TPSA) is 135 Å². The van der Waals surface area contributed by atoms with E-state index in [2.05, 4.69) is 0 Å². The van der Waals surface area contributed by atoms with Gasteiger partial charge in [-0.3, -0.25) is 20.2 Å². The summed E-state index contributed by atoms with van der Waals surface area (Å²) in [6.45, 7) is 0. The van der Waals surface area contributed by atoms with Crippen molar-refractivity contribution in [1.29, 1.82) is 0 Å². The van der Waals surface area contributed by atoms with Gasteiger partial charge >= 0.3 is 11.7 Å². The van der Waals surface area contributed by atoms with Crippen LogP contribution in [0.2, 0.25) is 0 Å². The molecular weight excluding hydrogens is 380 g/mol. The number of hydrogen-bond acceptors (Lipinski definition) is 6. The molecule has 0 radical (unpaired) electrons. The third-order valence-electron chi connectivity index (χ3n) is 3.39. The fourth-order valence-electron chi connectivity index (χ4n) is 2.29. The van der Waals surface area contributed by atoms with Crippen LogP contribution in [0.1, 0.15) is 12.8 Å². The molecule has 0 aliphatic heterocycles. The standard InChI is InChI=1S/C8H8F6N3O6S/c9-7(10,11)4-1-3(16(18)19)2-5(17(20)21)6(4)15-24(22,23)8(12,13)14/h3-6H,1-2H2/q-1. The van der Waals surface area contributed by atoms with Crippen molar-refractivity contribution in [3.8, 4) is 0 Å². The van der Waals surface area contributed by atoms with Gasteiger partial charge in [0.15, 0.2) is 10.0 Å². The molecular formula is C8H8F6N3O6S-. The van der Waals surface area contributed by atoms with Crippen LogP contribution in [0.25, 0.3) is 4.72 Å². The maximum Gasteiger partial charge on any atom is 0.480 e. The zero-order valence-electron chi connectivity index (χ0n) is 11.2. The summed E-state index contributed by atoms with van der Waals surface area (Å²) in [7, 11) is -6.44. The maximum absolute atomic E-state index is 13.0. The zero-order valence-corrected chi connectivity index (χ0v) is 12.0. The summed E-state index contributed by atoms with van der Waals surface area (Å²) < 4.78 is 99.7. The number of hydrogen-bond donors (Lipinski definition) is 0. The fourth-order valence-corrected chi connectivity index (χ4v) is 3.02. The summed E-state index contributed by atoms with van der Waals surface area (Å²) in [5, 5.41) is 21.5. The van der Waals surface area contributed by atoms with Gasteiger partial charge < -0.3 is 4.72 Å². The van der Waals surface area contributed by atoms with E-state index in [1.165, 1.54) is 0 Å². The molecule has 1 aliphatic carbocycles. The van der Waals surface area contributed by atoms with Crippen LogP contribution in [0.15, 0.2) is 0 Å². The minimum Gasteiger partial charge on any atom is -0.532 e. The van der Waals surface area contributed by atoms with Crippen LogP contribution in [-0.2, 0) is 10.0 Å². The van der Waals surface area contributed by atoms with Gasteiger partial charge in [0.05, 0.1) is 12.3 Å². The molecule has 0 heterocycles. The van der Waals surface area contributed by atoms with Gasteiger partial charge in [0.2, 0.25) is 12.1 Å². The van der Waals surface area contributed by atoms with Crippen LogP contribution >= 0.6 is 0 Å². The van der Waals surface area contributed by atoms with Gasteiger partial charge in [-0.25, -0.2) is 8.42 Å². The van der Waals surface area contributed by atoms with Gasteiger partial charge in [0, 0.05) is 16.3 Å². The van der Waals surface area contributed by atoms with E-state index >= 15 is 0 Å². The number of nitro groups is 2. The monoisotopic (exact) mass is 388 g/mol. The van der Waals surface area contributed by atoms with E-state index in [9.17, 15) is 55.0 Å². The second-order valence-corrected chi connectivity index (χ2v) is 6.55. The highest BCUT2D eigenvalue weighted by atomic mass is 32.2. The minimum absolute atomic E-state index is 1.17. The minimum atomic E-state index is -6.44. The van der Waals surface area contributed by atoms with Crippen LogP contribution in [-0.4, -0.2) is 48.1 Å². The molecule has 1 saturated carbocycles. The average molecular weight is 388 g/mol. The second-order valence-electron chi connectivity index (χ2n) is 4.93. The number of alkyl halides is 6. The molecule has 1 aliphatic rings. The Labute approximate surface area is 129 Å². The van der Waals surface area contributed by atoms with Gasteiger partial charge in [-0.1, -0.05) is 0 Å². The van der Waals surface area contributed by atoms with Crippen molar-refractivity contribution in [1.82, 2.24) is 0 Å². The summed E-state index contributed by atoms with van der Waals surface area (Å²) >= 11 is 0. The highest BCUT2D eigenvalue weighted by molar-refractivity contribution is 7.94. The van der Waals surface area contributed by atoms with Crippen molar-refractivity contribution in [3.05, 3.63) is 25.0 Å². The molecule has 4 unspecified atom stereocenters. The molecule has 1 rings (SSSR count). The molecule has 0 N–H and O–H groups in total. The highest BCUT2D eigenvalue weighted by Crippen LogP contribution is 2.45. The third kappa shape index (κ3) is 4.22. The smallest absolute Gasteiger partial charge is 0.480 e. The van der Waals surface area contributed by atoms with E-state index in [4.69, 9.17) is 0 Å². The lowest BCUT2D eigenvalue weighted by Crippen LogP contribution is -2.54. The number of nitrogens with zero attached hydrogens (tertiary/aromatic N) is 3. The highest BCUT2D eigenvalue weighted by Gasteiger charge is 2.56. The largest absolute Gasteiger partial charge is 0.532 e. The summed E-state index contributed by atoms with van der Waals surface area (Å²) in [4.78, 5) is 18.7. The molecule has 0 spiro atoms. The first-order chi connectivity index (χ1) is 10.6. The van der Waals surface area contributed by atoms with Crippen LogP contribution in [0.4, 0.5) is 26.3 Å². The quantitative estimate of drug-likeness (QED) is 0.410. The van der Waals surface area contributed by atoms with E-state index in [-0.39, 0.29) is 0 Å². The Balaban J connectivity index is 3.33. The zero-order chi connectivity index (χ0) is 19.1. The van der Waals surface area contributed by atoms with E-state index < -0.39 is 68.4 Å². The Kier molecular flexibility index (Phi) is 5.34. The van der Waals surface area contributed by atoms with E-state index in [0.717, 1.165) is 0 Å². The molecule has 0 aromatic heterocycles. The average Bonchev–Trinajstić information content (AvgIpc) is 2.34. The van der Waals surface area contributed by atoms with Crippen LogP contribution in [0.3, 0.4) is 0 Å². The van der Waals surface area contributed by atoms with E-state index in [1.807, 2.05) is 4.72 Å². The van der Waals surface area contributed by atoms with E-state index in [1.54, 1.807) is 0 Å². The predicted octanol–water partition coefficient (Wildman–Crippen LogP) is 1.84. The third-order valence-corrected chi connectivity index (χ3v) is 4.49. The molecule has 1 fully saturated rings. The first-order valence-corrected chi connectivity index (χ1v) is 7.39. The van der Waals surface area contributed by atoms with Crippen molar-refractivity contribution in [3.63, 3.8) is 0 Å². The molecule has 9 nitrogen and oxygen atoms in total. The van der Waals surface area contributed by atoms with E-state index in [0.29, 0.717) is 0 Å². The Morgan fingerprint density at radius 2 is 1.46 bits per heavy atom. The number of sulfonamides is 1. The molecule has 0 bridgehead atoms. The predicted molar refractivity (Wildman–Crippen MR) is 62.5 cm³/mol. The Bertz CT molecular complexity index is 619. The lowest BCUT2D eigenvalue weighted by atomic mass is 9.78. The number of rotatable bonds is 4. The molecule has 0 amide bonds. The molecule has 4 atom stereocenters. The van der Waals surface area contributed by atoms with Gasteiger partial charge in [-0.05, 0) is 6.04 Å². The first kappa shape index (κ1) is 20.3. The van der Waals surface area contributed by atoms with Crippen molar-refractivity contribution in [2.24, 2.45) is 5.92 Å². The fraction of sp³-hybridized carbons (Fsp3) is 1.00. The van der Waals surface area contributed by atoms with Crippen molar-refractivity contribution in [2.45, 2.75) is 42.7 Å². The SMILES string of the molecule is O=[N+]([O-])C1CC([N+](=O)[O-])C([N-]S(=O)(=O)C(F)(F)F)C(C(F)(F)F)C1. The second kappa shape index (κ2) is 6.30. The van der Waals surface area contributed by atoms with Gasteiger partial charge in [-0.15, -0.1) is 0 Å². The van der Waals surface area contributed by atoms with Crippen LogP contribution in [0.5, 0.6) is 0 Å². The van der Waals surface area contributed by atoms with Crippen molar-refractivity contribution in [2.75, 3.05) is 0 Å². The van der Waals surface area contributed by atoms with Gasteiger partial charge in [0.1, 0.15) is 0 Å². The Hall–Kier alpha value is -1.71. The van der Waals surface area contributed by atoms with Crippen LogP contribution in [0, 0.1) is 26.1 Å². The van der Waals surface area contributed by atoms with Gasteiger partial charge in [-0.2, -0.15) is 26.3 Å². The molecule has 0 saturated heterocycles. The lowest BCUT2D eigenvalue weighted by molar-refractivity contribution is -0.573. The summed E-state index contributed by atoms with van der Waals surface area (Å²) in [6, 6.07) is -7.60. The number of halogens is 6. The van der Waals surface area contributed by atoms with Crippen molar-refractivity contribution >= 4 is 10.0 Å². The summed E-state index contributed by atoms with van der Waals surface area (Å²) in [5.74, 6) is -3.07. The lowest BCUT2D eigenvalue weighted by Gasteiger charge is -2.43. The maximum atomic E-state index is 13.0.